The Bertz CT molecular complexity index is 1140. The maximum absolute atomic E-state index is 5.80. The number of morpholine rings is 1. The molecule has 3 aromatic heterocycles. The molecule has 0 radical (unpaired) electrons. The van der Waals surface area contributed by atoms with Gasteiger partial charge in [0.2, 0.25) is 0 Å². The molecule has 1 aliphatic heterocycles. The molecule has 0 unspecified atom stereocenters. The zero-order valence-electron chi connectivity index (χ0n) is 17.3. The summed E-state index contributed by atoms with van der Waals surface area (Å²) in [6, 6.07) is 12.6. The fourth-order valence-electron chi connectivity index (χ4n) is 3.96. The molecule has 5 rings (SSSR count). The number of nitrogens with zero attached hydrogens (tertiary/aromatic N) is 4. The summed E-state index contributed by atoms with van der Waals surface area (Å²) < 4.78 is 13.3. The summed E-state index contributed by atoms with van der Waals surface area (Å²) in [5.74, 6) is 1.05. The van der Waals surface area contributed by atoms with E-state index >= 15 is 0 Å². The number of hydrogen-bond acceptors (Lipinski definition) is 5. The molecule has 156 valence electrons. The summed E-state index contributed by atoms with van der Waals surface area (Å²) >= 11 is 0. The fraction of sp³-hybridized carbons (Fsp3) is 0.391. The smallest absolute Gasteiger partial charge is 0.158 e. The van der Waals surface area contributed by atoms with E-state index < -0.39 is 0 Å². The van der Waals surface area contributed by atoms with Crippen molar-refractivity contribution in [3.05, 3.63) is 48.3 Å². The van der Waals surface area contributed by atoms with Crippen molar-refractivity contribution in [2.24, 2.45) is 0 Å². The van der Waals surface area contributed by atoms with Crippen LogP contribution in [-0.2, 0) is 16.1 Å². The van der Waals surface area contributed by atoms with E-state index in [9.17, 15) is 0 Å². The minimum absolute atomic E-state index is 0.509. The van der Waals surface area contributed by atoms with Gasteiger partial charge in [0.25, 0.3) is 0 Å². The van der Waals surface area contributed by atoms with E-state index in [1.165, 1.54) is 5.39 Å². The number of H-pyrrole nitrogens is 1. The van der Waals surface area contributed by atoms with Gasteiger partial charge in [-0.1, -0.05) is 25.5 Å². The molecule has 0 amide bonds. The van der Waals surface area contributed by atoms with Gasteiger partial charge >= 0.3 is 0 Å². The normalized spacial score (nSPS) is 14.8. The first-order valence-electron chi connectivity index (χ1n) is 10.7. The molecule has 0 saturated carbocycles. The summed E-state index contributed by atoms with van der Waals surface area (Å²) in [6.45, 7) is 6.56. The lowest BCUT2D eigenvalue weighted by Crippen LogP contribution is -2.37. The van der Waals surface area contributed by atoms with E-state index in [0.29, 0.717) is 6.61 Å². The molecule has 4 aromatic rings. The van der Waals surface area contributed by atoms with Gasteiger partial charge in [-0.2, -0.15) is 9.61 Å². The lowest BCUT2D eigenvalue weighted by molar-refractivity contribution is 0.115. The third-order valence-corrected chi connectivity index (χ3v) is 5.56. The van der Waals surface area contributed by atoms with Gasteiger partial charge in [-0.05, 0) is 18.6 Å². The van der Waals surface area contributed by atoms with Crippen LogP contribution in [0.25, 0.3) is 27.8 Å². The van der Waals surface area contributed by atoms with Crippen LogP contribution in [0.4, 0.5) is 5.82 Å². The topological polar surface area (TPSA) is 67.7 Å². The van der Waals surface area contributed by atoms with Crippen LogP contribution in [0.3, 0.4) is 0 Å². The van der Waals surface area contributed by atoms with E-state index in [1.807, 2.05) is 16.8 Å². The van der Waals surface area contributed by atoms with Crippen LogP contribution < -0.4 is 4.90 Å². The maximum Gasteiger partial charge on any atom is 0.158 e. The monoisotopic (exact) mass is 405 g/mol. The number of fused-ring (bicyclic) bond motifs is 2. The van der Waals surface area contributed by atoms with Crippen LogP contribution >= 0.6 is 0 Å². The number of hydrogen-bond donors (Lipinski definition) is 1. The summed E-state index contributed by atoms with van der Waals surface area (Å²) in [5.41, 5.74) is 4.93. The van der Waals surface area contributed by atoms with Crippen molar-refractivity contribution >= 4 is 22.4 Å². The molecule has 1 N–H and O–H groups in total. The van der Waals surface area contributed by atoms with Gasteiger partial charge in [-0.3, -0.25) is 0 Å². The Morgan fingerprint density at radius 3 is 2.93 bits per heavy atom. The van der Waals surface area contributed by atoms with Gasteiger partial charge in [0.1, 0.15) is 5.82 Å². The summed E-state index contributed by atoms with van der Waals surface area (Å²) in [5, 5.41) is 5.98. The molecule has 30 heavy (non-hydrogen) atoms. The van der Waals surface area contributed by atoms with Gasteiger partial charge in [-0.15, -0.1) is 0 Å². The zero-order chi connectivity index (χ0) is 20.3. The Morgan fingerprint density at radius 1 is 1.17 bits per heavy atom. The van der Waals surface area contributed by atoms with Gasteiger partial charge in [0.15, 0.2) is 5.65 Å². The Labute approximate surface area is 175 Å². The third kappa shape index (κ3) is 3.66. The predicted octanol–water partition coefficient (Wildman–Crippen LogP) is 4.03. The van der Waals surface area contributed by atoms with Gasteiger partial charge in [0, 0.05) is 54.5 Å². The largest absolute Gasteiger partial charge is 0.378 e. The van der Waals surface area contributed by atoms with Gasteiger partial charge in [-0.25, -0.2) is 4.98 Å². The van der Waals surface area contributed by atoms with Crippen LogP contribution in [-0.4, -0.2) is 52.5 Å². The van der Waals surface area contributed by atoms with Crippen LogP contribution in [0, 0.1) is 0 Å². The highest BCUT2D eigenvalue weighted by atomic mass is 16.5. The standard InChI is InChI=1S/C23H27N5O2/c1-2-3-11-30-16-17-14-22-25-21(18-5-4-6-20-19(18)7-8-24-20)15-23(28(22)26-17)27-9-12-29-13-10-27/h4-8,14-15,24H,2-3,9-13,16H2,1H3. The number of ether oxygens (including phenoxy) is 2. The van der Waals surface area contributed by atoms with Crippen molar-refractivity contribution in [3.8, 4) is 11.3 Å². The van der Waals surface area contributed by atoms with Crippen molar-refractivity contribution in [1.82, 2.24) is 19.6 Å². The summed E-state index contributed by atoms with van der Waals surface area (Å²) in [4.78, 5) is 10.6. The number of benzene rings is 1. The molecule has 4 heterocycles. The second kappa shape index (κ2) is 8.45. The minimum Gasteiger partial charge on any atom is -0.378 e. The average Bonchev–Trinajstić information content (AvgIpc) is 3.43. The van der Waals surface area contributed by atoms with E-state index in [4.69, 9.17) is 19.6 Å². The molecule has 7 nitrogen and oxygen atoms in total. The number of unbranched alkanes of at least 4 members (excludes halogenated alkanes) is 1. The fourth-order valence-corrected chi connectivity index (χ4v) is 3.96. The molecular weight excluding hydrogens is 378 g/mol. The van der Waals surface area contributed by atoms with E-state index in [2.05, 4.69) is 47.1 Å². The van der Waals surface area contributed by atoms with Crippen molar-refractivity contribution in [2.75, 3.05) is 37.8 Å². The first-order chi connectivity index (χ1) is 14.8. The molecule has 0 spiro atoms. The molecular formula is C23H27N5O2. The van der Waals surface area contributed by atoms with E-state index in [1.54, 1.807) is 0 Å². The van der Waals surface area contributed by atoms with Crippen molar-refractivity contribution < 1.29 is 9.47 Å². The predicted molar refractivity (Wildman–Crippen MR) is 118 cm³/mol. The number of aromatic amines is 1. The van der Waals surface area contributed by atoms with Crippen LogP contribution in [0.2, 0.25) is 0 Å². The first kappa shape index (κ1) is 19.1. The zero-order valence-corrected chi connectivity index (χ0v) is 17.3. The number of aromatic nitrogens is 4. The Morgan fingerprint density at radius 2 is 2.07 bits per heavy atom. The SMILES string of the molecule is CCCCOCc1cc2nc(-c3cccc4[nH]ccc34)cc(N3CCOCC3)n2n1. The number of rotatable bonds is 7. The molecule has 7 heteroatoms. The van der Waals surface area contributed by atoms with Gasteiger partial charge < -0.3 is 19.4 Å². The molecule has 0 atom stereocenters. The van der Waals surface area contributed by atoms with Gasteiger partial charge in [0.05, 0.1) is 31.2 Å². The summed E-state index contributed by atoms with van der Waals surface area (Å²) in [7, 11) is 0. The molecule has 1 saturated heterocycles. The van der Waals surface area contributed by atoms with Crippen LogP contribution in [0.1, 0.15) is 25.5 Å². The minimum atomic E-state index is 0.509. The second-order valence-electron chi connectivity index (χ2n) is 7.66. The third-order valence-electron chi connectivity index (χ3n) is 5.56. The Hall–Kier alpha value is -2.90. The average molecular weight is 406 g/mol. The van der Waals surface area contributed by atoms with Crippen molar-refractivity contribution in [1.29, 1.82) is 0 Å². The van der Waals surface area contributed by atoms with Crippen molar-refractivity contribution in [3.63, 3.8) is 0 Å². The maximum atomic E-state index is 5.80. The van der Waals surface area contributed by atoms with E-state index in [0.717, 1.165) is 79.7 Å². The molecule has 1 fully saturated rings. The molecule has 1 aromatic carbocycles. The number of nitrogens with one attached hydrogen (secondary N) is 1. The highest BCUT2D eigenvalue weighted by Crippen LogP contribution is 2.30. The van der Waals surface area contributed by atoms with Crippen LogP contribution in [0.15, 0.2) is 42.6 Å². The lowest BCUT2D eigenvalue weighted by atomic mass is 10.1. The quantitative estimate of drug-likeness (QED) is 0.470. The van der Waals surface area contributed by atoms with E-state index in [-0.39, 0.29) is 0 Å². The first-order valence-corrected chi connectivity index (χ1v) is 10.7. The molecule has 0 aliphatic carbocycles. The highest BCUT2D eigenvalue weighted by Gasteiger charge is 2.19. The molecule has 1 aliphatic rings. The summed E-state index contributed by atoms with van der Waals surface area (Å²) in [6.07, 6.45) is 4.16. The highest BCUT2D eigenvalue weighted by molar-refractivity contribution is 5.94. The number of anilines is 1. The lowest BCUT2D eigenvalue weighted by Gasteiger charge is -2.29. The van der Waals surface area contributed by atoms with Crippen LogP contribution in [0.5, 0.6) is 0 Å². The Balaban J connectivity index is 1.58. The molecule has 0 bridgehead atoms. The second-order valence-corrected chi connectivity index (χ2v) is 7.66. The van der Waals surface area contributed by atoms with Crippen molar-refractivity contribution in [2.45, 2.75) is 26.4 Å². The Kier molecular flexibility index (Phi) is 5.38.